The van der Waals surface area contributed by atoms with E-state index in [0.717, 1.165) is 16.6 Å². The number of nitrogens with zero attached hydrogens (tertiary/aromatic N) is 2. The molecule has 0 spiro atoms. The summed E-state index contributed by atoms with van der Waals surface area (Å²) in [6.45, 7) is 1.91. The number of rotatable bonds is 2. The van der Waals surface area contributed by atoms with Gasteiger partial charge in [-0.15, -0.1) is 0 Å². The van der Waals surface area contributed by atoms with Crippen LogP contribution in [0.3, 0.4) is 0 Å². The number of aryl methyl sites for hydroxylation is 1. The van der Waals surface area contributed by atoms with Crippen LogP contribution in [0.1, 0.15) is 11.1 Å². The SMILES string of the molecule is [B]c1ccn2ncc(CC(=O)OC)c2c1C. The zero-order chi connectivity index (χ0) is 11.7. The molecule has 0 atom stereocenters. The molecule has 2 aromatic rings. The number of carbonyl (C=O) groups is 1. The second-order valence-electron chi connectivity index (χ2n) is 3.61. The van der Waals surface area contributed by atoms with Gasteiger partial charge in [-0.05, 0) is 12.5 Å². The topological polar surface area (TPSA) is 43.6 Å². The van der Waals surface area contributed by atoms with Crippen LogP contribution in [-0.4, -0.2) is 30.5 Å². The molecule has 2 radical (unpaired) electrons. The van der Waals surface area contributed by atoms with Gasteiger partial charge >= 0.3 is 5.97 Å². The summed E-state index contributed by atoms with van der Waals surface area (Å²) in [6, 6.07) is 1.79. The Morgan fingerprint density at radius 1 is 1.62 bits per heavy atom. The van der Waals surface area contributed by atoms with Crippen LogP contribution in [0.25, 0.3) is 5.52 Å². The molecule has 0 unspecified atom stereocenters. The predicted octanol–water partition coefficient (Wildman–Crippen LogP) is 0.152. The zero-order valence-corrected chi connectivity index (χ0v) is 9.23. The highest BCUT2D eigenvalue weighted by Crippen LogP contribution is 2.14. The Labute approximate surface area is 94.6 Å². The molecule has 0 fully saturated rings. The molecule has 5 heteroatoms. The standard InChI is InChI=1S/C11H11BN2O2/c1-7-9(12)3-4-14-11(7)8(6-13-14)5-10(15)16-2/h3-4,6H,5H2,1-2H3. The fourth-order valence-corrected chi connectivity index (χ4v) is 1.69. The third-order valence-corrected chi connectivity index (χ3v) is 2.62. The van der Waals surface area contributed by atoms with E-state index in [1.54, 1.807) is 23.0 Å². The summed E-state index contributed by atoms with van der Waals surface area (Å²) in [7, 11) is 7.19. The molecule has 2 heterocycles. The molecule has 16 heavy (non-hydrogen) atoms. The van der Waals surface area contributed by atoms with Crippen molar-refractivity contribution in [2.24, 2.45) is 0 Å². The molecular formula is C11H11BN2O2. The van der Waals surface area contributed by atoms with Crippen molar-refractivity contribution in [2.75, 3.05) is 7.11 Å². The van der Waals surface area contributed by atoms with Crippen molar-refractivity contribution in [3.05, 3.63) is 29.6 Å². The van der Waals surface area contributed by atoms with Crippen molar-refractivity contribution in [1.82, 2.24) is 9.61 Å². The third kappa shape index (κ3) is 1.69. The van der Waals surface area contributed by atoms with Crippen LogP contribution in [0.4, 0.5) is 0 Å². The van der Waals surface area contributed by atoms with Crippen LogP contribution in [0, 0.1) is 6.92 Å². The molecule has 0 N–H and O–H groups in total. The van der Waals surface area contributed by atoms with Gasteiger partial charge in [0.2, 0.25) is 0 Å². The fourth-order valence-electron chi connectivity index (χ4n) is 1.69. The molecular weight excluding hydrogens is 203 g/mol. The smallest absolute Gasteiger partial charge is 0.310 e. The quantitative estimate of drug-likeness (QED) is 0.528. The molecule has 2 rings (SSSR count). The summed E-state index contributed by atoms with van der Waals surface area (Å²) < 4.78 is 6.35. The molecule has 0 bridgehead atoms. The summed E-state index contributed by atoms with van der Waals surface area (Å²) in [5, 5.41) is 4.16. The van der Waals surface area contributed by atoms with Gasteiger partial charge in [0, 0.05) is 11.8 Å². The Morgan fingerprint density at radius 3 is 3.06 bits per heavy atom. The maximum absolute atomic E-state index is 11.2. The first kappa shape index (κ1) is 10.7. The lowest BCUT2D eigenvalue weighted by Crippen LogP contribution is -2.11. The third-order valence-electron chi connectivity index (χ3n) is 2.62. The van der Waals surface area contributed by atoms with E-state index >= 15 is 0 Å². The van der Waals surface area contributed by atoms with Crippen LogP contribution in [0.5, 0.6) is 0 Å². The van der Waals surface area contributed by atoms with Crippen molar-refractivity contribution >= 4 is 24.8 Å². The molecule has 0 aliphatic rings. The van der Waals surface area contributed by atoms with E-state index < -0.39 is 0 Å². The van der Waals surface area contributed by atoms with E-state index in [-0.39, 0.29) is 12.4 Å². The van der Waals surface area contributed by atoms with Gasteiger partial charge in [0.1, 0.15) is 7.85 Å². The first-order valence-corrected chi connectivity index (χ1v) is 4.91. The minimum atomic E-state index is -0.281. The average Bonchev–Trinajstić information content (AvgIpc) is 2.67. The van der Waals surface area contributed by atoms with E-state index in [1.807, 2.05) is 6.92 Å². The van der Waals surface area contributed by atoms with Crippen LogP contribution in [0.15, 0.2) is 18.5 Å². The van der Waals surface area contributed by atoms with Crippen LogP contribution < -0.4 is 5.46 Å². The fraction of sp³-hybridized carbons (Fsp3) is 0.273. The van der Waals surface area contributed by atoms with Crippen LogP contribution in [-0.2, 0) is 16.0 Å². The highest BCUT2D eigenvalue weighted by molar-refractivity contribution is 6.33. The first-order chi connectivity index (χ1) is 7.63. The van der Waals surface area contributed by atoms with E-state index in [4.69, 9.17) is 7.85 Å². The van der Waals surface area contributed by atoms with Crippen LogP contribution in [0.2, 0.25) is 0 Å². The molecule has 80 valence electrons. The molecule has 0 aromatic carbocycles. The highest BCUT2D eigenvalue weighted by Gasteiger charge is 2.11. The lowest BCUT2D eigenvalue weighted by Gasteiger charge is -2.05. The van der Waals surface area contributed by atoms with E-state index in [9.17, 15) is 4.79 Å². The first-order valence-electron chi connectivity index (χ1n) is 4.91. The molecule has 0 saturated heterocycles. The lowest BCUT2D eigenvalue weighted by molar-refractivity contribution is -0.139. The van der Waals surface area contributed by atoms with Crippen molar-refractivity contribution in [2.45, 2.75) is 13.3 Å². The van der Waals surface area contributed by atoms with E-state index in [0.29, 0.717) is 5.46 Å². The minimum absolute atomic E-state index is 0.213. The maximum Gasteiger partial charge on any atom is 0.310 e. The van der Waals surface area contributed by atoms with Gasteiger partial charge in [0.25, 0.3) is 0 Å². The number of carbonyl (C=O) groups excluding carboxylic acids is 1. The Morgan fingerprint density at radius 2 is 2.38 bits per heavy atom. The number of pyridine rings is 1. The summed E-state index contributed by atoms with van der Waals surface area (Å²) in [5.74, 6) is -0.281. The summed E-state index contributed by atoms with van der Waals surface area (Å²) in [6.07, 6.45) is 3.65. The molecule has 0 saturated carbocycles. The largest absolute Gasteiger partial charge is 0.469 e. The van der Waals surface area contributed by atoms with Crippen molar-refractivity contribution in [3.8, 4) is 0 Å². The van der Waals surface area contributed by atoms with Gasteiger partial charge in [-0.2, -0.15) is 5.10 Å². The minimum Gasteiger partial charge on any atom is -0.469 e. The number of fused-ring (bicyclic) bond motifs is 1. The number of ether oxygens (including phenoxy) is 1. The summed E-state index contributed by atoms with van der Waals surface area (Å²) in [5.41, 5.74) is 3.33. The van der Waals surface area contributed by atoms with Crippen molar-refractivity contribution < 1.29 is 9.53 Å². The molecule has 2 aromatic heterocycles. The average molecular weight is 214 g/mol. The van der Waals surface area contributed by atoms with Gasteiger partial charge in [-0.3, -0.25) is 4.79 Å². The van der Waals surface area contributed by atoms with E-state index in [2.05, 4.69) is 9.84 Å². The number of methoxy groups -OCH3 is 1. The molecule has 0 aliphatic heterocycles. The van der Waals surface area contributed by atoms with Crippen molar-refractivity contribution in [3.63, 3.8) is 0 Å². The van der Waals surface area contributed by atoms with Gasteiger partial charge in [-0.1, -0.05) is 11.5 Å². The summed E-state index contributed by atoms with van der Waals surface area (Å²) in [4.78, 5) is 11.2. The zero-order valence-electron chi connectivity index (χ0n) is 9.23. The Kier molecular flexibility index (Phi) is 2.68. The summed E-state index contributed by atoms with van der Waals surface area (Å²) >= 11 is 0. The Balaban J connectivity index is 2.54. The normalized spacial score (nSPS) is 10.6. The number of esters is 1. The van der Waals surface area contributed by atoms with E-state index in [1.165, 1.54) is 7.11 Å². The monoisotopic (exact) mass is 214 g/mol. The molecule has 4 nitrogen and oxygen atoms in total. The van der Waals surface area contributed by atoms with Crippen molar-refractivity contribution in [1.29, 1.82) is 0 Å². The highest BCUT2D eigenvalue weighted by atomic mass is 16.5. The van der Waals surface area contributed by atoms with Gasteiger partial charge in [0.05, 0.1) is 25.2 Å². The second kappa shape index (κ2) is 4.00. The van der Waals surface area contributed by atoms with Gasteiger partial charge < -0.3 is 4.74 Å². The molecule has 0 amide bonds. The predicted molar refractivity (Wildman–Crippen MR) is 61.0 cm³/mol. The number of aromatic nitrogens is 2. The Hall–Kier alpha value is -1.78. The van der Waals surface area contributed by atoms with Gasteiger partial charge in [-0.25, -0.2) is 4.52 Å². The second-order valence-corrected chi connectivity index (χ2v) is 3.61. The Bertz CT molecular complexity index is 548. The van der Waals surface area contributed by atoms with Crippen LogP contribution >= 0.6 is 0 Å². The lowest BCUT2D eigenvalue weighted by atomic mass is 9.91. The number of hydrogen-bond acceptors (Lipinski definition) is 3. The number of hydrogen-bond donors (Lipinski definition) is 0. The molecule has 0 aliphatic carbocycles. The maximum atomic E-state index is 11.2. The van der Waals surface area contributed by atoms with Gasteiger partial charge in [0.15, 0.2) is 0 Å².